The zero-order valence-electron chi connectivity index (χ0n) is 20.4. The number of hydrogen-bond acceptors (Lipinski definition) is 4. The summed E-state index contributed by atoms with van der Waals surface area (Å²) in [6.07, 6.45) is 0.936. The van der Waals surface area contributed by atoms with Gasteiger partial charge in [-0.1, -0.05) is 59.7 Å². The van der Waals surface area contributed by atoms with Gasteiger partial charge in [0.15, 0.2) is 0 Å². The van der Waals surface area contributed by atoms with Crippen molar-refractivity contribution >= 4 is 11.8 Å². The maximum atomic E-state index is 12.7. The van der Waals surface area contributed by atoms with Crippen LogP contribution in [0.2, 0.25) is 0 Å². The smallest absolute Gasteiger partial charge is 0.237 e. The van der Waals surface area contributed by atoms with Crippen molar-refractivity contribution in [3.05, 3.63) is 70.8 Å². The fourth-order valence-corrected chi connectivity index (χ4v) is 4.15. The van der Waals surface area contributed by atoms with E-state index in [4.69, 9.17) is 0 Å². The van der Waals surface area contributed by atoms with Gasteiger partial charge in [-0.15, -0.1) is 0 Å². The second-order valence-electron chi connectivity index (χ2n) is 9.18. The highest BCUT2D eigenvalue weighted by atomic mass is 16.2. The van der Waals surface area contributed by atoms with Crippen LogP contribution in [-0.2, 0) is 22.7 Å². The molecule has 1 aliphatic rings. The number of aryl methyl sites for hydroxylation is 2. The van der Waals surface area contributed by atoms with E-state index >= 15 is 0 Å². The summed E-state index contributed by atoms with van der Waals surface area (Å²) in [5, 5.41) is 6.13. The van der Waals surface area contributed by atoms with Crippen LogP contribution < -0.4 is 10.6 Å². The normalized spacial score (nSPS) is 17.1. The molecule has 2 N–H and O–H groups in total. The third kappa shape index (κ3) is 7.41. The lowest BCUT2D eigenvalue weighted by Gasteiger charge is -2.28. The van der Waals surface area contributed by atoms with E-state index in [1.54, 1.807) is 0 Å². The number of nitrogens with zero attached hydrogens (tertiary/aromatic N) is 2. The van der Waals surface area contributed by atoms with Crippen LogP contribution in [0.5, 0.6) is 0 Å². The summed E-state index contributed by atoms with van der Waals surface area (Å²) >= 11 is 0. The third-order valence-electron chi connectivity index (χ3n) is 6.59. The number of nitrogens with one attached hydrogen (secondary N) is 2. The molecule has 2 aromatic rings. The van der Waals surface area contributed by atoms with Crippen LogP contribution >= 0.6 is 0 Å². The first-order chi connectivity index (χ1) is 15.8. The van der Waals surface area contributed by atoms with Gasteiger partial charge in [-0.25, -0.2) is 0 Å². The molecule has 6 heteroatoms. The Morgan fingerprint density at radius 1 is 0.697 bits per heavy atom. The minimum absolute atomic E-state index is 0.0490. The Morgan fingerprint density at radius 3 is 1.42 bits per heavy atom. The molecule has 0 unspecified atom stereocenters. The van der Waals surface area contributed by atoms with Crippen molar-refractivity contribution in [2.75, 3.05) is 26.2 Å². The van der Waals surface area contributed by atoms with Crippen molar-refractivity contribution in [3.63, 3.8) is 0 Å². The molecule has 0 bridgehead atoms. The Balaban J connectivity index is 1.45. The molecule has 0 saturated carbocycles. The SMILES string of the molecule is Cc1ccc(CNC(=O)[C@H](C)N2CCCN([C@@H](C)C(=O)NCc3ccc(C)cc3)CC2)cc1. The lowest BCUT2D eigenvalue weighted by molar-refractivity contribution is -0.127. The first-order valence-corrected chi connectivity index (χ1v) is 12.0. The van der Waals surface area contributed by atoms with Crippen LogP contribution in [0.3, 0.4) is 0 Å². The average molecular weight is 451 g/mol. The predicted molar refractivity (Wildman–Crippen MR) is 133 cm³/mol. The summed E-state index contributed by atoms with van der Waals surface area (Å²) in [6, 6.07) is 16.1. The van der Waals surface area contributed by atoms with Gasteiger partial charge in [-0.05, 0) is 45.2 Å². The molecule has 1 heterocycles. The van der Waals surface area contributed by atoms with Crippen LogP contribution in [0.4, 0.5) is 0 Å². The van der Waals surface area contributed by atoms with Gasteiger partial charge in [0.05, 0.1) is 12.1 Å². The zero-order valence-corrected chi connectivity index (χ0v) is 20.4. The summed E-state index contributed by atoms with van der Waals surface area (Å²) in [5.74, 6) is 0.0980. The lowest BCUT2D eigenvalue weighted by atomic mass is 10.1. The molecule has 1 fully saturated rings. The van der Waals surface area contributed by atoms with Crippen molar-refractivity contribution in [1.82, 2.24) is 20.4 Å². The van der Waals surface area contributed by atoms with E-state index in [0.717, 1.165) is 43.7 Å². The zero-order chi connectivity index (χ0) is 23.8. The van der Waals surface area contributed by atoms with Crippen LogP contribution in [-0.4, -0.2) is 59.9 Å². The molecular weight excluding hydrogens is 412 g/mol. The van der Waals surface area contributed by atoms with Crippen LogP contribution in [0, 0.1) is 13.8 Å². The van der Waals surface area contributed by atoms with E-state index in [0.29, 0.717) is 13.1 Å². The van der Waals surface area contributed by atoms with Gasteiger partial charge in [-0.2, -0.15) is 0 Å². The highest BCUT2D eigenvalue weighted by molar-refractivity contribution is 5.81. The average Bonchev–Trinajstić information content (AvgIpc) is 3.08. The topological polar surface area (TPSA) is 64.7 Å². The van der Waals surface area contributed by atoms with Crippen molar-refractivity contribution in [2.45, 2.75) is 59.3 Å². The molecule has 2 amide bonds. The highest BCUT2D eigenvalue weighted by Crippen LogP contribution is 2.11. The molecule has 0 aromatic heterocycles. The van der Waals surface area contributed by atoms with Crippen LogP contribution in [0.1, 0.15) is 42.5 Å². The minimum atomic E-state index is -0.193. The van der Waals surface area contributed by atoms with E-state index in [-0.39, 0.29) is 23.9 Å². The fourth-order valence-electron chi connectivity index (χ4n) is 4.15. The Kier molecular flexibility index (Phi) is 9.03. The molecule has 0 aliphatic carbocycles. The van der Waals surface area contributed by atoms with Gasteiger partial charge in [-0.3, -0.25) is 19.4 Å². The quantitative estimate of drug-likeness (QED) is 0.649. The number of hydrogen-bond donors (Lipinski definition) is 2. The molecule has 1 aliphatic heterocycles. The molecule has 6 nitrogen and oxygen atoms in total. The van der Waals surface area contributed by atoms with Crippen LogP contribution in [0.15, 0.2) is 48.5 Å². The molecule has 1 saturated heterocycles. The van der Waals surface area contributed by atoms with Crippen molar-refractivity contribution < 1.29 is 9.59 Å². The largest absolute Gasteiger partial charge is 0.351 e. The third-order valence-corrected chi connectivity index (χ3v) is 6.59. The van der Waals surface area contributed by atoms with Gasteiger partial charge >= 0.3 is 0 Å². The summed E-state index contributed by atoms with van der Waals surface area (Å²) < 4.78 is 0. The number of carbonyl (C=O) groups excluding carboxylic acids is 2. The Bertz CT molecular complexity index is 835. The van der Waals surface area contributed by atoms with Crippen molar-refractivity contribution in [1.29, 1.82) is 0 Å². The number of amides is 2. The monoisotopic (exact) mass is 450 g/mol. The summed E-state index contributed by atoms with van der Waals surface area (Å²) in [5.41, 5.74) is 4.64. The second kappa shape index (κ2) is 12.0. The first kappa shape index (κ1) is 24.9. The number of rotatable bonds is 8. The molecule has 0 radical (unpaired) electrons. The summed E-state index contributed by atoms with van der Waals surface area (Å²) in [6.45, 7) is 12.4. The van der Waals surface area contributed by atoms with E-state index in [1.807, 2.05) is 13.8 Å². The van der Waals surface area contributed by atoms with Crippen LogP contribution in [0.25, 0.3) is 0 Å². The standard InChI is InChI=1S/C27H38N4O2/c1-20-6-10-24(11-7-20)18-28-26(32)22(3)30-14-5-15-31(17-16-30)23(4)27(33)29-19-25-12-8-21(2)9-13-25/h6-13,22-23H,5,14-19H2,1-4H3,(H,28,32)(H,29,33)/t22-,23-/m0/s1. The maximum Gasteiger partial charge on any atom is 0.237 e. The Morgan fingerprint density at radius 2 is 1.06 bits per heavy atom. The van der Waals surface area contributed by atoms with Crippen molar-refractivity contribution in [2.24, 2.45) is 0 Å². The maximum absolute atomic E-state index is 12.7. The first-order valence-electron chi connectivity index (χ1n) is 12.0. The van der Waals surface area contributed by atoms with E-state index < -0.39 is 0 Å². The van der Waals surface area contributed by atoms with Crippen molar-refractivity contribution in [3.8, 4) is 0 Å². The van der Waals surface area contributed by atoms with Gasteiger partial charge in [0.1, 0.15) is 0 Å². The summed E-state index contributed by atoms with van der Waals surface area (Å²) in [7, 11) is 0. The van der Waals surface area contributed by atoms with E-state index in [9.17, 15) is 9.59 Å². The van der Waals surface area contributed by atoms with Gasteiger partial charge < -0.3 is 10.6 Å². The van der Waals surface area contributed by atoms with Gasteiger partial charge in [0, 0.05) is 39.3 Å². The minimum Gasteiger partial charge on any atom is -0.351 e. The highest BCUT2D eigenvalue weighted by Gasteiger charge is 2.27. The van der Waals surface area contributed by atoms with E-state index in [2.05, 4.69) is 82.8 Å². The summed E-state index contributed by atoms with van der Waals surface area (Å²) in [4.78, 5) is 29.9. The molecule has 2 aromatic carbocycles. The van der Waals surface area contributed by atoms with Gasteiger partial charge in [0.25, 0.3) is 0 Å². The molecular formula is C27H38N4O2. The molecule has 3 rings (SSSR count). The predicted octanol–water partition coefficient (Wildman–Crippen LogP) is 3.02. The Labute approximate surface area is 198 Å². The lowest BCUT2D eigenvalue weighted by Crippen LogP contribution is -2.48. The number of carbonyl (C=O) groups is 2. The molecule has 2 atom stereocenters. The Hall–Kier alpha value is -2.70. The molecule has 0 spiro atoms. The second-order valence-corrected chi connectivity index (χ2v) is 9.18. The fraction of sp³-hybridized carbons (Fsp3) is 0.481. The molecule has 178 valence electrons. The van der Waals surface area contributed by atoms with Gasteiger partial charge in [0.2, 0.25) is 11.8 Å². The van der Waals surface area contributed by atoms with E-state index in [1.165, 1.54) is 11.1 Å². The molecule has 33 heavy (non-hydrogen) atoms. The number of benzene rings is 2.